The summed E-state index contributed by atoms with van der Waals surface area (Å²) in [4.78, 5) is 10.4. The minimum atomic E-state index is 0.723. The zero-order valence-corrected chi connectivity index (χ0v) is 14.0. The monoisotopic (exact) mass is 307 g/mol. The fraction of sp³-hybridized carbons (Fsp3) is 0.667. The molecule has 2 heterocycles. The molecule has 2 aromatic heterocycles. The summed E-state index contributed by atoms with van der Waals surface area (Å²) in [5.41, 5.74) is 1.30. The smallest absolute Gasteiger partial charge is 0.195 e. The molecule has 5 nitrogen and oxygen atoms in total. The number of nitrogens with zero attached hydrogens (tertiary/aromatic N) is 4. The molecule has 0 aliphatic heterocycles. The molecule has 0 spiro atoms. The maximum absolute atomic E-state index is 4.82. The molecule has 0 amide bonds. The lowest BCUT2D eigenvalue weighted by atomic mass is 10.3. The van der Waals surface area contributed by atoms with Crippen LogP contribution in [-0.4, -0.2) is 54.6 Å². The van der Waals surface area contributed by atoms with Crippen molar-refractivity contribution in [1.29, 1.82) is 0 Å². The number of rotatable bonds is 8. The van der Waals surface area contributed by atoms with Crippen molar-refractivity contribution in [2.75, 3.05) is 39.1 Å². The van der Waals surface area contributed by atoms with Gasteiger partial charge >= 0.3 is 0 Å². The summed E-state index contributed by atoms with van der Waals surface area (Å²) < 4.78 is 2.23. The second-order valence-corrected chi connectivity index (χ2v) is 7.04. The van der Waals surface area contributed by atoms with Gasteiger partial charge in [-0.15, -0.1) is 11.3 Å². The summed E-state index contributed by atoms with van der Waals surface area (Å²) in [5.74, 6) is 1.13. The molecule has 0 atom stereocenters. The van der Waals surface area contributed by atoms with Gasteiger partial charge in [-0.25, -0.2) is 4.98 Å². The van der Waals surface area contributed by atoms with Gasteiger partial charge in [0, 0.05) is 37.8 Å². The Labute approximate surface area is 130 Å². The summed E-state index contributed by atoms with van der Waals surface area (Å²) in [6, 6.07) is 0.723. The minimum absolute atomic E-state index is 0.723. The second-order valence-electron chi connectivity index (χ2n) is 6.17. The first kappa shape index (κ1) is 14.8. The topological polar surface area (TPSA) is 35.8 Å². The highest BCUT2D eigenvalue weighted by atomic mass is 32.1. The summed E-state index contributed by atoms with van der Waals surface area (Å²) in [6.07, 6.45) is 5.93. The molecule has 1 saturated carbocycles. The minimum Gasteiger partial charge on any atom is -0.358 e. The van der Waals surface area contributed by atoms with Gasteiger partial charge in [-0.2, -0.15) is 0 Å². The van der Waals surface area contributed by atoms with Crippen LogP contribution in [0.1, 0.15) is 25.0 Å². The number of fused-ring (bicyclic) bond motifs is 1. The van der Waals surface area contributed by atoms with Crippen molar-refractivity contribution in [3.63, 3.8) is 0 Å². The quantitative estimate of drug-likeness (QED) is 0.809. The maximum atomic E-state index is 4.82. The van der Waals surface area contributed by atoms with Crippen molar-refractivity contribution in [3.8, 4) is 0 Å². The van der Waals surface area contributed by atoms with Crippen LogP contribution in [0.25, 0.3) is 4.96 Å². The van der Waals surface area contributed by atoms with E-state index in [2.05, 4.69) is 52.2 Å². The standard InChI is InChI=1S/C15H25N5S/c1-18(2)7-4-8-19(3)14-13(11-16-12-5-6-12)20-9-10-21-15(20)17-14/h9-10,12,16H,4-8,11H2,1-3H3. The first-order valence-corrected chi connectivity index (χ1v) is 8.57. The van der Waals surface area contributed by atoms with Crippen LogP contribution in [-0.2, 0) is 6.54 Å². The molecule has 21 heavy (non-hydrogen) atoms. The zero-order chi connectivity index (χ0) is 14.8. The van der Waals surface area contributed by atoms with Crippen LogP contribution in [0.3, 0.4) is 0 Å². The van der Waals surface area contributed by atoms with Gasteiger partial charge in [0.2, 0.25) is 0 Å². The third-order valence-electron chi connectivity index (χ3n) is 3.94. The molecule has 0 aromatic carbocycles. The lowest BCUT2D eigenvalue weighted by Gasteiger charge is -2.20. The number of nitrogens with one attached hydrogen (secondary N) is 1. The fourth-order valence-electron chi connectivity index (χ4n) is 2.55. The zero-order valence-electron chi connectivity index (χ0n) is 13.2. The van der Waals surface area contributed by atoms with Gasteiger partial charge in [0.05, 0.1) is 5.69 Å². The van der Waals surface area contributed by atoms with E-state index in [1.54, 1.807) is 11.3 Å². The third-order valence-corrected chi connectivity index (χ3v) is 4.69. The first-order chi connectivity index (χ1) is 10.1. The second kappa shape index (κ2) is 6.34. The van der Waals surface area contributed by atoms with Gasteiger partial charge < -0.3 is 15.1 Å². The predicted octanol–water partition coefficient (Wildman–Crippen LogP) is 2.04. The van der Waals surface area contributed by atoms with Crippen molar-refractivity contribution < 1.29 is 0 Å². The van der Waals surface area contributed by atoms with Crippen molar-refractivity contribution in [2.45, 2.75) is 31.8 Å². The molecule has 0 saturated heterocycles. The van der Waals surface area contributed by atoms with Crippen molar-refractivity contribution in [1.82, 2.24) is 19.6 Å². The molecule has 1 N–H and O–H groups in total. The number of thiazole rings is 1. The van der Waals surface area contributed by atoms with Crippen molar-refractivity contribution in [3.05, 3.63) is 17.3 Å². The van der Waals surface area contributed by atoms with E-state index in [0.29, 0.717) is 0 Å². The van der Waals surface area contributed by atoms with Gasteiger partial charge in [0.15, 0.2) is 10.8 Å². The number of aromatic nitrogens is 2. The summed E-state index contributed by atoms with van der Waals surface area (Å²) in [7, 11) is 6.40. The maximum Gasteiger partial charge on any atom is 0.195 e. The first-order valence-electron chi connectivity index (χ1n) is 7.69. The third kappa shape index (κ3) is 3.56. The molecular weight excluding hydrogens is 282 g/mol. The largest absolute Gasteiger partial charge is 0.358 e. The Hall–Kier alpha value is -1.11. The van der Waals surface area contributed by atoms with Crippen LogP contribution in [0.2, 0.25) is 0 Å². The number of hydrogen-bond acceptors (Lipinski definition) is 5. The van der Waals surface area contributed by atoms with E-state index >= 15 is 0 Å². The van der Waals surface area contributed by atoms with Crippen LogP contribution in [0.5, 0.6) is 0 Å². The van der Waals surface area contributed by atoms with Crippen LogP contribution in [0.4, 0.5) is 5.82 Å². The molecule has 1 aliphatic carbocycles. The Morgan fingerprint density at radius 2 is 2.14 bits per heavy atom. The van der Waals surface area contributed by atoms with Gasteiger partial charge in [-0.05, 0) is 39.9 Å². The number of hydrogen-bond donors (Lipinski definition) is 1. The molecule has 116 valence electrons. The lowest BCUT2D eigenvalue weighted by molar-refractivity contribution is 0.401. The van der Waals surface area contributed by atoms with Crippen LogP contribution >= 0.6 is 11.3 Å². The Bertz CT molecular complexity index is 584. The van der Waals surface area contributed by atoms with Crippen LogP contribution in [0.15, 0.2) is 11.6 Å². The summed E-state index contributed by atoms with van der Waals surface area (Å²) in [6.45, 7) is 3.07. The lowest BCUT2D eigenvalue weighted by Crippen LogP contribution is -2.26. The molecule has 0 radical (unpaired) electrons. The number of imidazole rings is 1. The Morgan fingerprint density at radius 3 is 2.86 bits per heavy atom. The van der Waals surface area contributed by atoms with E-state index in [4.69, 9.17) is 4.98 Å². The molecule has 3 rings (SSSR count). The van der Waals surface area contributed by atoms with Gasteiger partial charge in [0.1, 0.15) is 0 Å². The molecule has 6 heteroatoms. The molecular formula is C15H25N5S. The fourth-order valence-corrected chi connectivity index (χ4v) is 3.28. The highest BCUT2D eigenvalue weighted by Crippen LogP contribution is 2.26. The van der Waals surface area contributed by atoms with Crippen LogP contribution in [0, 0.1) is 0 Å². The molecule has 1 fully saturated rings. The van der Waals surface area contributed by atoms with Crippen molar-refractivity contribution >= 4 is 22.1 Å². The summed E-state index contributed by atoms with van der Waals surface area (Å²) >= 11 is 1.71. The normalized spacial score (nSPS) is 15.2. The molecule has 0 unspecified atom stereocenters. The van der Waals surface area contributed by atoms with Crippen LogP contribution < -0.4 is 10.2 Å². The Morgan fingerprint density at radius 1 is 1.33 bits per heavy atom. The van der Waals surface area contributed by atoms with Gasteiger partial charge in [-0.3, -0.25) is 4.40 Å². The Kier molecular flexibility index (Phi) is 4.47. The predicted molar refractivity (Wildman–Crippen MR) is 89.4 cm³/mol. The van der Waals surface area contributed by atoms with E-state index in [9.17, 15) is 0 Å². The van der Waals surface area contributed by atoms with Crippen molar-refractivity contribution in [2.24, 2.45) is 0 Å². The highest BCUT2D eigenvalue weighted by molar-refractivity contribution is 7.15. The van der Waals surface area contributed by atoms with E-state index in [1.165, 1.54) is 18.5 Å². The Balaban J connectivity index is 1.72. The molecule has 2 aromatic rings. The summed E-state index contributed by atoms with van der Waals surface area (Å²) in [5, 5.41) is 5.73. The highest BCUT2D eigenvalue weighted by Gasteiger charge is 2.23. The molecule has 0 bridgehead atoms. The van der Waals surface area contributed by atoms with Gasteiger partial charge in [-0.1, -0.05) is 0 Å². The average Bonchev–Trinajstić information content (AvgIpc) is 3.03. The number of anilines is 1. The SMILES string of the molecule is CN(C)CCCN(C)c1nc2sccn2c1CNC1CC1. The van der Waals surface area contributed by atoms with Gasteiger partial charge in [0.25, 0.3) is 0 Å². The van der Waals surface area contributed by atoms with E-state index in [0.717, 1.165) is 42.9 Å². The molecule has 1 aliphatic rings. The van der Waals surface area contributed by atoms with E-state index in [-0.39, 0.29) is 0 Å². The van der Waals surface area contributed by atoms with E-state index in [1.807, 2.05) is 0 Å². The van der Waals surface area contributed by atoms with E-state index < -0.39 is 0 Å². The average molecular weight is 307 g/mol.